The largest absolute Gasteiger partial charge is 0.465 e. The van der Waals surface area contributed by atoms with Crippen LogP contribution in [0, 0.1) is 5.82 Å². The van der Waals surface area contributed by atoms with E-state index in [0.717, 1.165) is 0 Å². The number of furan rings is 1. The maximum absolute atomic E-state index is 13.0. The van der Waals surface area contributed by atoms with E-state index < -0.39 is 0 Å². The van der Waals surface area contributed by atoms with E-state index >= 15 is 0 Å². The number of nitrogens with one attached hydrogen (secondary N) is 1. The molecule has 1 amide bonds. The van der Waals surface area contributed by atoms with Crippen LogP contribution in [0.15, 0.2) is 41.0 Å². The van der Waals surface area contributed by atoms with Crippen molar-refractivity contribution in [1.29, 1.82) is 0 Å². The lowest BCUT2D eigenvalue weighted by Crippen LogP contribution is -2.03. The van der Waals surface area contributed by atoms with Gasteiger partial charge in [0.1, 0.15) is 11.6 Å². The molecule has 0 fully saturated rings. The number of hydrogen-bond donors (Lipinski definition) is 1. The first-order chi connectivity index (χ1) is 8.24. The van der Waals surface area contributed by atoms with E-state index in [1.807, 2.05) is 0 Å². The summed E-state index contributed by atoms with van der Waals surface area (Å²) in [5.74, 6) is -0.0300. The van der Waals surface area contributed by atoms with E-state index in [0.29, 0.717) is 22.6 Å². The number of rotatable bonds is 1. The quantitative estimate of drug-likeness (QED) is 0.764. The molecule has 17 heavy (non-hydrogen) atoms. The Labute approximate surface area is 96.6 Å². The van der Waals surface area contributed by atoms with E-state index in [1.54, 1.807) is 24.3 Å². The van der Waals surface area contributed by atoms with Crippen LogP contribution < -0.4 is 5.32 Å². The highest BCUT2D eigenvalue weighted by Gasteiger charge is 2.24. The molecule has 0 saturated heterocycles. The number of amides is 1. The summed E-state index contributed by atoms with van der Waals surface area (Å²) in [6.07, 6.45) is 3.17. The number of benzene rings is 1. The molecule has 0 aliphatic carbocycles. The van der Waals surface area contributed by atoms with Gasteiger partial charge in [-0.3, -0.25) is 4.79 Å². The fraction of sp³-hybridized carbons (Fsp3) is 0. The van der Waals surface area contributed by atoms with Gasteiger partial charge in [0.25, 0.3) is 5.91 Å². The summed E-state index contributed by atoms with van der Waals surface area (Å²) in [6, 6.07) is 7.70. The Bertz CT molecular complexity index is 614. The number of anilines is 1. The van der Waals surface area contributed by atoms with Gasteiger partial charge in [0.15, 0.2) is 0 Å². The van der Waals surface area contributed by atoms with Crippen LogP contribution in [0.4, 0.5) is 10.1 Å². The summed E-state index contributed by atoms with van der Waals surface area (Å²) in [5.41, 5.74) is 1.66. The minimum absolute atomic E-state index is 0.248. The van der Waals surface area contributed by atoms with E-state index in [-0.39, 0.29) is 11.7 Å². The first-order valence-electron chi connectivity index (χ1n) is 5.10. The minimum Gasteiger partial charge on any atom is -0.465 e. The Morgan fingerprint density at radius 2 is 2.18 bits per heavy atom. The fourth-order valence-electron chi connectivity index (χ4n) is 1.83. The average Bonchev–Trinajstić information content (AvgIpc) is 2.88. The Morgan fingerprint density at radius 3 is 2.94 bits per heavy atom. The number of fused-ring (bicyclic) bond motifs is 1. The summed E-state index contributed by atoms with van der Waals surface area (Å²) < 4.78 is 18.2. The first-order valence-corrected chi connectivity index (χ1v) is 5.10. The second-order valence-electron chi connectivity index (χ2n) is 3.72. The third-order valence-electron chi connectivity index (χ3n) is 2.59. The van der Waals surface area contributed by atoms with Gasteiger partial charge in [0, 0.05) is 5.56 Å². The lowest BCUT2D eigenvalue weighted by atomic mass is 10.1. The smallest absolute Gasteiger partial charge is 0.256 e. The maximum Gasteiger partial charge on any atom is 0.256 e. The van der Waals surface area contributed by atoms with E-state index in [1.165, 1.54) is 18.4 Å². The number of hydrogen-bond acceptors (Lipinski definition) is 2. The first kappa shape index (κ1) is 9.84. The third kappa shape index (κ3) is 1.63. The predicted molar refractivity (Wildman–Crippen MR) is 61.6 cm³/mol. The molecule has 1 aliphatic rings. The molecule has 0 bridgehead atoms. The van der Waals surface area contributed by atoms with Gasteiger partial charge in [0.2, 0.25) is 0 Å². The lowest BCUT2D eigenvalue weighted by molar-refractivity contribution is -0.110. The Morgan fingerprint density at radius 1 is 1.29 bits per heavy atom. The molecule has 0 unspecified atom stereocenters. The van der Waals surface area contributed by atoms with Crippen LogP contribution in [0.1, 0.15) is 11.3 Å². The van der Waals surface area contributed by atoms with Crippen molar-refractivity contribution in [3.05, 3.63) is 53.7 Å². The van der Waals surface area contributed by atoms with Crippen molar-refractivity contribution in [2.24, 2.45) is 0 Å². The number of carbonyl (C=O) groups is 1. The SMILES string of the molecule is O=C1Nc2cc(F)ccc2/C1=C/c1ccco1. The molecule has 0 radical (unpaired) electrons. The monoisotopic (exact) mass is 229 g/mol. The van der Waals surface area contributed by atoms with Gasteiger partial charge in [0.05, 0.1) is 17.5 Å². The normalized spacial score (nSPS) is 16.1. The highest BCUT2D eigenvalue weighted by Crippen LogP contribution is 2.33. The third-order valence-corrected chi connectivity index (χ3v) is 2.59. The summed E-state index contributed by atoms with van der Waals surface area (Å²) in [6.45, 7) is 0. The van der Waals surface area contributed by atoms with Crippen LogP contribution in [0.2, 0.25) is 0 Å². The molecule has 1 aliphatic heterocycles. The summed E-state index contributed by atoms with van der Waals surface area (Å²) in [4.78, 5) is 11.7. The van der Waals surface area contributed by atoms with Crippen LogP contribution in [-0.4, -0.2) is 5.91 Å². The number of halogens is 1. The molecule has 1 aromatic carbocycles. The van der Waals surface area contributed by atoms with Crippen molar-refractivity contribution in [3.8, 4) is 0 Å². The molecule has 4 heteroatoms. The van der Waals surface area contributed by atoms with Crippen molar-refractivity contribution in [1.82, 2.24) is 0 Å². The second kappa shape index (κ2) is 3.59. The molecular weight excluding hydrogens is 221 g/mol. The molecule has 1 N–H and O–H groups in total. The highest BCUT2D eigenvalue weighted by molar-refractivity contribution is 6.34. The zero-order chi connectivity index (χ0) is 11.8. The van der Waals surface area contributed by atoms with Gasteiger partial charge >= 0.3 is 0 Å². The summed E-state index contributed by atoms with van der Waals surface area (Å²) in [5, 5.41) is 2.61. The van der Waals surface area contributed by atoms with Crippen LogP contribution in [0.3, 0.4) is 0 Å². The average molecular weight is 229 g/mol. The maximum atomic E-state index is 13.0. The Kier molecular flexibility index (Phi) is 2.08. The zero-order valence-electron chi connectivity index (χ0n) is 8.74. The highest BCUT2D eigenvalue weighted by atomic mass is 19.1. The van der Waals surface area contributed by atoms with Gasteiger partial charge in [-0.1, -0.05) is 0 Å². The topological polar surface area (TPSA) is 42.2 Å². The molecule has 0 atom stereocenters. The van der Waals surface area contributed by atoms with Crippen molar-refractivity contribution < 1.29 is 13.6 Å². The molecule has 3 nitrogen and oxygen atoms in total. The molecule has 2 heterocycles. The Hall–Kier alpha value is -2.36. The zero-order valence-corrected chi connectivity index (χ0v) is 8.74. The van der Waals surface area contributed by atoms with Gasteiger partial charge in [-0.25, -0.2) is 4.39 Å². The van der Waals surface area contributed by atoms with E-state index in [2.05, 4.69) is 5.32 Å². The van der Waals surface area contributed by atoms with Crippen molar-refractivity contribution in [2.45, 2.75) is 0 Å². The van der Waals surface area contributed by atoms with Crippen LogP contribution in [0.5, 0.6) is 0 Å². The minimum atomic E-state index is -0.372. The van der Waals surface area contributed by atoms with Crippen LogP contribution >= 0.6 is 0 Å². The van der Waals surface area contributed by atoms with E-state index in [4.69, 9.17) is 4.42 Å². The molecule has 2 aromatic rings. The molecular formula is C13H8FNO2. The Balaban J connectivity index is 2.11. The van der Waals surface area contributed by atoms with Gasteiger partial charge in [-0.2, -0.15) is 0 Å². The predicted octanol–water partition coefficient (Wildman–Crippen LogP) is 2.91. The molecule has 1 aromatic heterocycles. The van der Waals surface area contributed by atoms with Crippen LogP contribution in [0.25, 0.3) is 11.6 Å². The van der Waals surface area contributed by atoms with Crippen molar-refractivity contribution in [2.75, 3.05) is 5.32 Å². The lowest BCUT2D eigenvalue weighted by Gasteiger charge is -1.97. The standard InChI is InChI=1S/C13H8FNO2/c14-8-3-4-10-11(7-9-2-1-5-17-9)13(16)15-12(10)6-8/h1-7H,(H,15,16)/b11-7-. The van der Waals surface area contributed by atoms with Crippen molar-refractivity contribution >= 4 is 23.2 Å². The summed E-state index contributed by atoms with van der Waals surface area (Å²) >= 11 is 0. The van der Waals surface area contributed by atoms with Gasteiger partial charge in [-0.15, -0.1) is 0 Å². The molecule has 0 spiro atoms. The molecule has 3 rings (SSSR count). The van der Waals surface area contributed by atoms with E-state index in [9.17, 15) is 9.18 Å². The fourth-order valence-corrected chi connectivity index (χ4v) is 1.83. The molecule has 0 saturated carbocycles. The second-order valence-corrected chi connectivity index (χ2v) is 3.72. The van der Waals surface area contributed by atoms with Crippen molar-refractivity contribution in [3.63, 3.8) is 0 Å². The van der Waals surface area contributed by atoms with Gasteiger partial charge < -0.3 is 9.73 Å². The van der Waals surface area contributed by atoms with Crippen LogP contribution in [-0.2, 0) is 4.79 Å². The number of carbonyl (C=O) groups excluding carboxylic acids is 1. The molecule has 84 valence electrons. The van der Waals surface area contributed by atoms with Gasteiger partial charge in [-0.05, 0) is 36.4 Å². The summed E-state index contributed by atoms with van der Waals surface area (Å²) in [7, 11) is 0.